The van der Waals surface area contributed by atoms with Crippen molar-refractivity contribution in [2.45, 2.75) is 0 Å². The minimum absolute atomic E-state index is 0. The van der Waals surface area contributed by atoms with Gasteiger partial charge in [-0.25, -0.2) is 0 Å². The summed E-state index contributed by atoms with van der Waals surface area (Å²) >= 11 is -4.12. The van der Waals surface area contributed by atoms with E-state index in [2.05, 4.69) is 117 Å². The Morgan fingerprint density at radius 2 is 0.897 bits per heavy atom. The molecule has 1 heterocycles. The van der Waals surface area contributed by atoms with Gasteiger partial charge < -0.3 is 48.5 Å². The Morgan fingerprint density at radius 1 is 0.517 bits per heavy atom. The van der Waals surface area contributed by atoms with Crippen LogP contribution in [-0.2, 0) is 0 Å². The van der Waals surface area contributed by atoms with Crippen LogP contribution >= 0.6 is 17.7 Å². The van der Waals surface area contributed by atoms with Gasteiger partial charge in [0.1, 0.15) is 0 Å². The van der Waals surface area contributed by atoms with Gasteiger partial charge in [0.25, 0.3) is 0 Å². The first-order valence-electron chi connectivity index (χ1n) is 17.3. The van der Waals surface area contributed by atoms with Gasteiger partial charge in [0.2, 0.25) is 0 Å². The molecular weight excluding hydrogens is 1140 g/mol. The van der Waals surface area contributed by atoms with Crippen LogP contribution in [0.3, 0.4) is 0 Å². The first-order chi connectivity index (χ1) is 25.9. The van der Waals surface area contributed by atoms with Crippen LogP contribution in [0, 0.1) is 12.1 Å². The average molecular weight is 1180 g/mol. The van der Waals surface area contributed by atoms with Gasteiger partial charge in [0.05, 0.1) is 0 Å². The van der Waals surface area contributed by atoms with E-state index in [1.54, 1.807) is 0 Å². The summed E-state index contributed by atoms with van der Waals surface area (Å²) in [4.78, 5) is 8.38. The van der Waals surface area contributed by atoms with Crippen molar-refractivity contribution in [3.63, 3.8) is 0 Å². The first-order valence-corrected chi connectivity index (χ1v) is 28.9. The number of hydrogen-bond acceptors (Lipinski definition) is 6. The minimum Gasteiger partial charge on any atom is 2.00 e. The Balaban J connectivity index is 0.000000465. The number of hydrogen-bond donors (Lipinski definition) is 0. The predicted octanol–water partition coefficient (Wildman–Crippen LogP) is 0.758. The molecule has 6 aromatic carbocycles. The average Bonchev–Trinajstić information content (AvgIpc) is 3.18. The number of benzene rings is 6. The number of fused-ring (bicyclic) bond motifs is 2. The molecule has 0 radical (unpaired) electrons. The van der Waals surface area contributed by atoms with E-state index in [4.69, 9.17) is 27.1 Å². The van der Waals surface area contributed by atoms with Crippen molar-refractivity contribution in [2.24, 2.45) is 0 Å². The Hall–Kier alpha value is -1.17. The number of halogens is 4. The second-order valence-corrected chi connectivity index (χ2v) is 27.8. The SMILES string of the molecule is CN(C)c1c[c-]c(Oc2[c-]cc(N(C)C)cc2)cc1.CN(C)c1ccc2[c](c1)[Sb]([c]1ccccc1)[c]1cc(N(C)C)ccc1O2.[Br-].[Br-].[Cl][121Sb]([Cl])[c]1ccccc1.[Mg+2].[Mg+2]. The summed E-state index contributed by atoms with van der Waals surface area (Å²) in [6.07, 6.45) is 0. The Morgan fingerprint density at radius 3 is 1.22 bits per heavy atom. The fourth-order valence-electron chi connectivity index (χ4n) is 5.34. The van der Waals surface area contributed by atoms with Crippen LogP contribution in [-0.4, -0.2) is 141 Å². The maximum atomic E-state index is 6.31. The second kappa shape index (κ2) is 27.0. The van der Waals surface area contributed by atoms with Crippen LogP contribution in [0.25, 0.3) is 0 Å². The van der Waals surface area contributed by atoms with Crippen LogP contribution in [0.1, 0.15) is 0 Å². The van der Waals surface area contributed by atoms with E-state index in [1.165, 1.54) is 21.9 Å². The molecule has 0 saturated carbocycles. The smallest absolute Gasteiger partial charge is 2.00 e. The van der Waals surface area contributed by atoms with Crippen molar-refractivity contribution < 1.29 is 43.4 Å². The van der Waals surface area contributed by atoms with Crippen LogP contribution in [0.4, 0.5) is 22.7 Å². The maximum absolute atomic E-state index is 6.31. The molecule has 0 aliphatic carbocycles. The molecule has 14 heteroatoms. The van der Waals surface area contributed by atoms with Crippen molar-refractivity contribution in [1.29, 1.82) is 0 Å². The normalized spacial score (nSPS) is 10.6. The molecule has 1 aliphatic rings. The molecule has 0 aromatic heterocycles. The van der Waals surface area contributed by atoms with Crippen molar-refractivity contribution >= 4 is 139 Å². The molecule has 296 valence electrons. The number of anilines is 4. The van der Waals surface area contributed by atoms with Gasteiger partial charge in [0.15, 0.2) is 0 Å². The van der Waals surface area contributed by atoms with Crippen molar-refractivity contribution in [1.82, 2.24) is 0 Å². The van der Waals surface area contributed by atoms with Crippen LogP contribution < -0.4 is 77.1 Å². The third-order valence-electron chi connectivity index (χ3n) is 8.37. The van der Waals surface area contributed by atoms with E-state index >= 15 is 0 Å². The zero-order valence-corrected chi connectivity index (χ0v) is 46.7. The Labute approximate surface area is 421 Å². The fourth-order valence-corrected chi connectivity index (χ4v) is 15.1. The monoisotopic (exact) mass is 1180 g/mol. The Bertz CT molecular complexity index is 1980. The molecule has 7 rings (SSSR count). The van der Waals surface area contributed by atoms with Gasteiger partial charge in [0, 0.05) is 11.5 Å². The summed E-state index contributed by atoms with van der Waals surface area (Å²) in [5.74, 6) is 3.43. The van der Waals surface area contributed by atoms with E-state index < -0.39 is 38.1 Å². The molecule has 0 fully saturated rings. The topological polar surface area (TPSA) is 31.4 Å². The van der Waals surface area contributed by atoms with Gasteiger partial charge in [-0.05, 0) is 28.2 Å². The van der Waals surface area contributed by atoms with E-state index in [0.717, 1.165) is 26.4 Å². The predicted molar refractivity (Wildman–Crippen MR) is 247 cm³/mol. The summed E-state index contributed by atoms with van der Waals surface area (Å²) < 4.78 is 17.4. The first kappa shape index (κ1) is 54.8. The second-order valence-electron chi connectivity index (χ2n) is 13.1. The molecule has 0 bridgehead atoms. The molecule has 58 heavy (non-hydrogen) atoms. The van der Waals surface area contributed by atoms with Gasteiger partial charge in [-0.15, -0.1) is 36.4 Å². The molecule has 0 amide bonds. The molecule has 0 spiro atoms. The summed E-state index contributed by atoms with van der Waals surface area (Å²) in [5.41, 5.74) is 4.65. The molecule has 0 saturated heterocycles. The van der Waals surface area contributed by atoms with Gasteiger partial charge >= 0.3 is 279 Å². The minimum atomic E-state index is -2.16. The van der Waals surface area contributed by atoms with E-state index in [1.807, 2.05) is 105 Å². The van der Waals surface area contributed by atoms with E-state index in [0.29, 0.717) is 11.5 Å². The molecule has 6 nitrogen and oxygen atoms in total. The van der Waals surface area contributed by atoms with Crippen LogP contribution in [0.2, 0.25) is 0 Å². The zero-order chi connectivity index (χ0) is 38.8. The molecule has 6 aromatic rings. The summed E-state index contributed by atoms with van der Waals surface area (Å²) in [5, 5.41) is 0. The van der Waals surface area contributed by atoms with Crippen molar-refractivity contribution in [2.75, 3.05) is 76.0 Å². The molecule has 0 atom stereocenters. The van der Waals surface area contributed by atoms with Crippen LogP contribution in [0.15, 0.2) is 133 Å². The fraction of sp³-hybridized carbons (Fsp3) is 0.182. The maximum Gasteiger partial charge on any atom is 2.00 e. The van der Waals surface area contributed by atoms with E-state index in [9.17, 15) is 0 Å². The van der Waals surface area contributed by atoms with Gasteiger partial charge in [-0.1, -0.05) is 11.4 Å². The zero-order valence-electron chi connectivity index (χ0n) is 34.1. The molecule has 1 aliphatic heterocycles. The number of rotatable bonds is 8. The van der Waals surface area contributed by atoms with Crippen LogP contribution in [0.5, 0.6) is 23.0 Å². The van der Waals surface area contributed by atoms with Gasteiger partial charge in [-0.3, -0.25) is 0 Å². The van der Waals surface area contributed by atoms with Crippen molar-refractivity contribution in [3.05, 3.63) is 146 Å². The summed E-state index contributed by atoms with van der Waals surface area (Å²) in [6, 6.07) is 51.8. The van der Waals surface area contributed by atoms with Crippen molar-refractivity contribution in [3.8, 4) is 23.0 Å². The molecule has 0 unspecified atom stereocenters. The quantitative estimate of drug-likeness (QED) is 0.165. The standard InChI is InChI=1S/2C16H18N2O.2C6H5.2BrH.2ClH.2Mg.2Sb/c2*1-17(2)13-5-9-15(10-6-13)19-16-11-7-14(8-12-16)18(3)4;2*1-2-4-6-5-3-1;;;;;;;;/h2*5-9,11H,1-4H3;2*1-5H;4*1H;;;;/q;-2;;;;;;;3*+2;/p-4/i;;;;;;;;;;1-1;. The largest absolute Gasteiger partial charge is 2.00 e. The number of nitrogens with zero attached hydrogens (tertiary/aromatic N) is 4. The summed E-state index contributed by atoms with van der Waals surface area (Å²) in [6.45, 7) is 0. The van der Waals surface area contributed by atoms with E-state index in [-0.39, 0.29) is 80.1 Å². The summed E-state index contributed by atoms with van der Waals surface area (Å²) in [7, 11) is 27.9. The number of ether oxygens (including phenoxy) is 2. The molecular formula is C44H46Br2Cl2Mg2N4O2Sb2. The Kier molecular flexibility index (Phi) is 25.5. The molecule has 0 N–H and O–H groups in total. The third-order valence-corrected chi connectivity index (χ3v) is 20.0. The van der Waals surface area contributed by atoms with Gasteiger partial charge in [-0.2, -0.15) is 12.1 Å². The third kappa shape index (κ3) is 15.6.